The molecule has 0 saturated heterocycles. The van der Waals surface area contributed by atoms with Crippen LogP contribution in [0, 0.1) is 12.8 Å². The monoisotopic (exact) mass is 258 g/mol. The third-order valence-electron chi connectivity index (χ3n) is 2.43. The van der Waals surface area contributed by atoms with Gasteiger partial charge in [0.05, 0.1) is 5.75 Å². The van der Waals surface area contributed by atoms with Gasteiger partial charge in [0, 0.05) is 16.6 Å². The molecule has 96 valence electrons. The molecule has 0 spiro atoms. The third-order valence-corrected chi connectivity index (χ3v) is 3.72. The summed E-state index contributed by atoms with van der Waals surface area (Å²) >= 11 is 0. The van der Waals surface area contributed by atoms with Crippen LogP contribution in [0.2, 0.25) is 0 Å². The largest absolute Gasteiger partial charge is 0.478 e. The molecule has 0 saturated carbocycles. The average molecular weight is 258 g/mol. The van der Waals surface area contributed by atoms with Gasteiger partial charge in [-0.2, -0.15) is 0 Å². The minimum atomic E-state index is -1.01. The van der Waals surface area contributed by atoms with Gasteiger partial charge in [-0.25, -0.2) is 4.79 Å². The van der Waals surface area contributed by atoms with Crippen LogP contribution >= 0.6 is 0 Å². The number of aryl methyl sites for hydroxylation is 1. The molecule has 17 heavy (non-hydrogen) atoms. The second kappa shape index (κ2) is 6.00. The molecule has 0 aliphatic rings. The number of rotatable bonds is 6. The van der Waals surface area contributed by atoms with E-state index in [9.17, 15) is 9.00 Å². The van der Waals surface area contributed by atoms with E-state index in [1.807, 2.05) is 0 Å². The number of carboxylic acid groups (broad SMARTS) is 1. The smallest absolute Gasteiger partial charge is 0.339 e. The van der Waals surface area contributed by atoms with Gasteiger partial charge in [0.1, 0.15) is 17.1 Å². The van der Waals surface area contributed by atoms with E-state index < -0.39 is 16.8 Å². The number of aromatic carboxylic acids is 1. The lowest BCUT2D eigenvalue weighted by molar-refractivity contribution is 0.0695. The summed E-state index contributed by atoms with van der Waals surface area (Å²) in [5, 5.41) is 8.85. The molecule has 1 rings (SSSR count). The Balaban J connectivity index is 2.60. The highest BCUT2D eigenvalue weighted by atomic mass is 32.2. The van der Waals surface area contributed by atoms with Crippen molar-refractivity contribution in [3.05, 3.63) is 23.2 Å². The van der Waals surface area contributed by atoms with Gasteiger partial charge in [-0.15, -0.1) is 0 Å². The molecule has 0 aromatic carbocycles. The number of furan rings is 1. The van der Waals surface area contributed by atoms with Crippen molar-refractivity contribution in [2.24, 2.45) is 5.92 Å². The molecule has 4 nitrogen and oxygen atoms in total. The molecule has 0 aliphatic carbocycles. The van der Waals surface area contributed by atoms with E-state index >= 15 is 0 Å². The summed E-state index contributed by atoms with van der Waals surface area (Å²) in [6.07, 6.45) is 0.901. The first kappa shape index (κ1) is 14.0. The molecule has 0 radical (unpaired) electrons. The van der Waals surface area contributed by atoms with Gasteiger partial charge in [-0.05, 0) is 25.3 Å². The zero-order chi connectivity index (χ0) is 13.0. The minimum Gasteiger partial charge on any atom is -0.478 e. The van der Waals surface area contributed by atoms with Crippen molar-refractivity contribution in [1.29, 1.82) is 0 Å². The molecule has 1 atom stereocenters. The van der Waals surface area contributed by atoms with Crippen LogP contribution < -0.4 is 0 Å². The van der Waals surface area contributed by atoms with Crippen molar-refractivity contribution >= 4 is 16.8 Å². The van der Waals surface area contributed by atoms with Gasteiger partial charge in [0.25, 0.3) is 0 Å². The predicted octanol–water partition coefficient (Wildman–Crippen LogP) is 2.58. The lowest BCUT2D eigenvalue weighted by atomic mass is 10.2. The zero-order valence-electron chi connectivity index (χ0n) is 10.4. The molecule has 0 aliphatic heterocycles. The van der Waals surface area contributed by atoms with Crippen LogP contribution in [0.15, 0.2) is 10.5 Å². The molecular weight excluding hydrogens is 240 g/mol. The maximum Gasteiger partial charge on any atom is 0.339 e. The highest BCUT2D eigenvalue weighted by Gasteiger charge is 2.15. The Morgan fingerprint density at radius 3 is 2.65 bits per heavy atom. The molecular formula is C12H18O4S. The number of carbonyl (C=O) groups is 1. The zero-order valence-corrected chi connectivity index (χ0v) is 11.2. The maximum absolute atomic E-state index is 11.7. The van der Waals surface area contributed by atoms with Crippen molar-refractivity contribution in [1.82, 2.24) is 0 Å². The first-order chi connectivity index (χ1) is 7.90. The molecule has 0 fully saturated rings. The molecule has 1 aromatic rings. The van der Waals surface area contributed by atoms with E-state index in [-0.39, 0.29) is 5.56 Å². The predicted molar refractivity (Wildman–Crippen MR) is 66.6 cm³/mol. The highest BCUT2D eigenvalue weighted by Crippen LogP contribution is 2.16. The fourth-order valence-electron chi connectivity index (χ4n) is 1.43. The average Bonchev–Trinajstić information content (AvgIpc) is 2.56. The van der Waals surface area contributed by atoms with E-state index in [1.165, 1.54) is 6.07 Å². The first-order valence-electron chi connectivity index (χ1n) is 5.57. The summed E-state index contributed by atoms with van der Waals surface area (Å²) in [4.78, 5) is 10.8. The lowest BCUT2D eigenvalue weighted by Gasteiger charge is -2.03. The van der Waals surface area contributed by atoms with Crippen molar-refractivity contribution in [3.63, 3.8) is 0 Å². The van der Waals surface area contributed by atoms with E-state index in [4.69, 9.17) is 9.52 Å². The molecule has 0 bridgehead atoms. The normalized spacial score (nSPS) is 12.9. The number of hydrogen-bond acceptors (Lipinski definition) is 3. The Morgan fingerprint density at radius 1 is 1.53 bits per heavy atom. The van der Waals surface area contributed by atoms with Crippen LogP contribution in [0.25, 0.3) is 0 Å². The fraction of sp³-hybridized carbons (Fsp3) is 0.583. The Bertz CT molecular complexity index is 420. The van der Waals surface area contributed by atoms with E-state index in [2.05, 4.69) is 13.8 Å². The van der Waals surface area contributed by atoms with Gasteiger partial charge < -0.3 is 9.52 Å². The van der Waals surface area contributed by atoms with E-state index in [1.54, 1.807) is 6.92 Å². The van der Waals surface area contributed by atoms with Crippen molar-refractivity contribution < 1.29 is 18.5 Å². The fourth-order valence-corrected chi connectivity index (χ4v) is 2.76. The molecule has 0 amide bonds. The Labute approximate surface area is 103 Å². The molecule has 5 heteroatoms. The standard InChI is InChI=1S/C12H18O4S/c1-8(2)4-5-17(15)7-10-6-11(12(13)14)9(3)16-10/h6,8H,4-5,7H2,1-3H3,(H,13,14). The van der Waals surface area contributed by atoms with Crippen molar-refractivity contribution in [2.45, 2.75) is 32.9 Å². The van der Waals surface area contributed by atoms with Crippen LogP contribution in [0.4, 0.5) is 0 Å². The second-order valence-corrected chi connectivity index (χ2v) is 6.04. The van der Waals surface area contributed by atoms with E-state index in [0.717, 1.165) is 6.42 Å². The van der Waals surface area contributed by atoms with Gasteiger partial charge in [0.2, 0.25) is 0 Å². The summed E-state index contributed by atoms with van der Waals surface area (Å²) in [5.41, 5.74) is 0.154. The molecule has 1 N–H and O–H groups in total. The summed E-state index contributed by atoms with van der Waals surface area (Å²) in [6.45, 7) is 5.76. The highest BCUT2D eigenvalue weighted by molar-refractivity contribution is 7.84. The third kappa shape index (κ3) is 4.34. The van der Waals surface area contributed by atoms with Crippen LogP contribution in [-0.2, 0) is 16.6 Å². The van der Waals surface area contributed by atoms with Gasteiger partial charge in [-0.1, -0.05) is 13.8 Å². The van der Waals surface area contributed by atoms with Crippen LogP contribution in [0.5, 0.6) is 0 Å². The quantitative estimate of drug-likeness (QED) is 0.851. The molecule has 1 aromatic heterocycles. The Hall–Kier alpha value is -1.10. The number of carboxylic acids is 1. The van der Waals surface area contributed by atoms with Crippen molar-refractivity contribution in [2.75, 3.05) is 5.75 Å². The summed E-state index contributed by atoms with van der Waals surface area (Å²) in [7, 11) is -0.986. The molecule has 1 heterocycles. The first-order valence-corrected chi connectivity index (χ1v) is 7.06. The maximum atomic E-state index is 11.7. The van der Waals surface area contributed by atoms with Gasteiger partial charge in [-0.3, -0.25) is 4.21 Å². The van der Waals surface area contributed by atoms with Gasteiger partial charge >= 0.3 is 5.97 Å². The van der Waals surface area contributed by atoms with E-state index in [0.29, 0.717) is 28.9 Å². The lowest BCUT2D eigenvalue weighted by Crippen LogP contribution is -2.03. The Kier molecular flexibility index (Phi) is 4.93. The summed E-state index contributed by atoms with van der Waals surface area (Å²) in [6, 6.07) is 1.46. The second-order valence-electron chi connectivity index (χ2n) is 4.46. The van der Waals surface area contributed by atoms with Crippen LogP contribution in [0.3, 0.4) is 0 Å². The summed E-state index contributed by atoms with van der Waals surface area (Å²) in [5.74, 6) is 1.29. The summed E-state index contributed by atoms with van der Waals surface area (Å²) < 4.78 is 17.0. The van der Waals surface area contributed by atoms with Crippen LogP contribution in [0.1, 0.15) is 42.1 Å². The SMILES string of the molecule is Cc1oc(CS(=O)CCC(C)C)cc1C(=O)O. The van der Waals surface area contributed by atoms with Crippen LogP contribution in [-0.4, -0.2) is 21.0 Å². The van der Waals surface area contributed by atoms with Crippen molar-refractivity contribution in [3.8, 4) is 0 Å². The topological polar surface area (TPSA) is 67.5 Å². The minimum absolute atomic E-state index is 0.154. The molecule has 1 unspecified atom stereocenters. The van der Waals surface area contributed by atoms with Gasteiger partial charge in [0.15, 0.2) is 0 Å². The number of hydrogen-bond donors (Lipinski definition) is 1. The Morgan fingerprint density at radius 2 is 2.18 bits per heavy atom.